The minimum absolute atomic E-state index is 0.00195. The number of nitrogens with zero attached hydrogens (tertiary/aromatic N) is 2. The summed E-state index contributed by atoms with van der Waals surface area (Å²) in [5.74, 6) is -0.152. The summed E-state index contributed by atoms with van der Waals surface area (Å²) in [4.78, 5) is 0. The van der Waals surface area contributed by atoms with Crippen LogP contribution >= 0.6 is 0 Å². The lowest BCUT2D eigenvalue weighted by Gasteiger charge is -2.27. The van der Waals surface area contributed by atoms with Crippen molar-refractivity contribution in [1.82, 2.24) is 0 Å². The molecule has 1 aromatic carbocycles. The number of allylic oxidation sites excluding steroid dienone is 4. The van der Waals surface area contributed by atoms with E-state index < -0.39 is 5.41 Å². The van der Waals surface area contributed by atoms with Crippen molar-refractivity contribution in [3.63, 3.8) is 0 Å². The maximum absolute atomic E-state index is 10.1. The van der Waals surface area contributed by atoms with Crippen molar-refractivity contribution >= 4 is 12.2 Å². The molecule has 6 heteroatoms. The SMILES string of the molecule is NC(N)=NN=CC1(c2ccc(O)cc2O)C=CC=CC1. The summed E-state index contributed by atoms with van der Waals surface area (Å²) in [6, 6.07) is 4.45. The minimum atomic E-state index is -0.647. The van der Waals surface area contributed by atoms with Crippen molar-refractivity contribution in [2.75, 3.05) is 0 Å². The smallest absolute Gasteiger partial charge is 0.211 e. The highest BCUT2D eigenvalue weighted by atomic mass is 16.3. The molecule has 0 fully saturated rings. The Kier molecular flexibility index (Phi) is 3.74. The summed E-state index contributed by atoms with van der Waals surface area (Å²) in [5, 5.41) is 26.9. The van der Waals surface area contributed by atoms with Gasteiger partial charge in [-0.05, 0) is 12.5 Å². The molecule has 0 heterocycles. The predicted molar refractivity (Wildman–Crippen MR) is 78.6 cm³/mol. The van der Waals surface area contributed by atoms with Crippen LogP contribution in [0.1, 0.15) is 12.0 Å². The fourth-order valence-corrected chi connectivity index (χ4v) is 2.11. The van der Waals surface area contributed by atoms with Gasteiger partial charge < -0.3 is 21.7 Å². The number of hydrogen-bond acceptors (Lipinski definition) is 4. The zero-order chi connectivity index (χ0) is 14.6. The van der Waals surface area contributed by atoms with Gasteiger partial charge in [-0.15, -0.1) is 5.10 Å². The van der Waals surface area contributed by atoms with E-state index in [9.17, 15) is 10.2 Å². The van der Waals surface area contributed by atoms with E-state index in [2.05, 4.69) is 10.2 Å². The normalized spacial score (nSPS) is 21.2. The molecular formula is C14H16N4O2. The second-order valence-electron chi connectivity index (χ2n) is 4.50. The van der Waals surface area contributed by atoms with Gasteiger partial charge in [-0.1, -0.05) is 30.4 Å². The Balaban J connectivity index is 2.47. The van der Waals surface area contributed by atoms with Crippen LogP contribution < -0.4 is 11.5 Å². The van der Waals surface area contributed by atoms with Gasteiger partial charge in [0.05, 0.1) is 5.41 Å². The van der Waals surface area contributed by atoms with Crippen molar-refractivity contribution in [2.45, 2.75) is 11.8 Å². The standard InChI is InChI=1S/C14H16N4O2/c15-13(16)18-17-9-14(6-2-1-3-7-14)11-5-4-10(19)8-12(11)20/h1-6,8-9,19-20H,7H2,(H4,15,16,18). The van der Waals surface area contributed by atoms with E-state index in [1.807, 2.05) is 24.3 Å². The van der Waals surface area contributed by atoms with Gasteiger partial charge in [0.25, 0.3) is 0 Å². The van der Waals surface area contributed by atoms with Crippen LogP contribution in [0.15, 0.2) is 52.7 Å². The van der Waals surface area contributed by atoms with Gasteiger partial charge in [0.2, 0.25) is 5.96 Å². The first kappa shape index (κ1) is 13.7. The Bertz CT molecular complexity index is 616. The molecule has 0 spiro atoms. The van der Waals surface area contributed by atoms with Gasteiger partial charge in [0.1, 0.15) is 11.5 Å². The van der Waals surface area contributed by atoms with Crippen LogP contribution in [-0.2, 0) is 5.41 Å². The van der Waals surface area contributed by atoms with Gasteiger partial charge in [-0.25, -0.2) is 0 Å². The summed E-state index contributed by atoms with van der Waals surface area (Å²) in [6.45, 7) is 0. The lowest BCUT2D eigenvalue weighted by Crippen LogP contribution is -2.27. The molecule has 0 bridgehead atoms. The van der Waals surface area contributed by atoms with Crippen LogP contribution in [0.3, 0.4) is 0 Å². The van der Waals surface area contributed by atoms with Crippen molar-refractivity contribution < 1.29 is 10.2 Å². The molecule has 20 heavy (non-hydrogen) atoms. The average Bonchev–Trinajstić information content (AvgIpc) is 2.39. The van der Waals surface area contributed by atoms with E-state index in [4.69, 9.17) is 11.5 Å². The molecule has 0 aromatic heterocycles. The third kappa shape index (κ3) is 2.80. The Morgan fingerprint density at radius 2 is 2.05 bits per heavy atom. The van der Waals surface area contributed by atoms with Gasteiger partial charge in [-0.3, -0.25) is 0 Å². The lowest BCUT2D eigenvalue weighted by molar-refractivity contribution is 0.441. The number of benzene rings is 1. The molecule has 1 unspecified atom stereocenters. The van der Waals surface area contributed by atoms with Crippen molar-refractivity contribution in [2.24, 2.45) is 21.7 Å². The topological polar surface area (TPSA) is 117 Å². The van der Waals surface area contributed by atoms with Gasteiger partial charge in [0, 0.05) is 17.8 Å². The first-order chi connectivity index (χ1) is 9.53. The molecule has 0 saturated carbocycles. The third-order valence-electron chi connectivity index (χ3n) is 3.04. The van der Waals surface area contributed by atoms with Crippen LogP contribution in [0.2, 0.25) is 0 Å². The average molecular weight is 272 g/mol. The van der Waals surface area contributed by atoms with Gasteiger partial charge >= 0.3 is 0 Å². The largest absolute Gasteiger partial charge is 0.508 e. The molecular weight excluding hydrogens is 256 g/mol. The molecule has 0 amide bonds. The molecule has 1 aromatic rings. The molecule has 2 rings (SSSR count). The Hall–Kier alpha value is -2.76. The number of rotatable bonds is 3. The van der Waals surface area contributed by atoms with Crippen LogP contribution in [0.5, 0.6) is 11.5 Å². The summed E-state index contributed by atoms with van der Waals surface area (Å²) < 4.78 is 0. The Morgan fingerprint density at radius 3 is 2.65 bits per heavy atom. The van der Waals surface area contributed by atoms with Crippen LogP contribution in [0.25, 0.3) is 0 Å². The number of nitrogens with two attached hydrogens (primary N) is 2. The maximum Gasteiger partial charge on any atom is 0.211 e. The zero-order valence-electron chi connectivity index (χ0n) is 10.8. The van der Waals surface area contributed by atoms with Gasteiger partial charge in [-0.2, -0.15) is 5.10 Å². The summed E-state index contributed by atoms with van der Waals surface area (Å²) >= 11 is 0. The zero-order valence-corrected chi connectivity index (χ0v) is 10.8. The Labute approximate surface area is 116 Å². The van der Waals surface area contributed by atoms with E-state index in [0.717, 1.165) is 0 Å². The molecule has 1 atom stereocenters. The predicted octanol–water partition coefficient (Wildman–Crippen LogP) is 1.11. The molecule has 1 aliphatic carbocycles. The summed E-state index contributed by atoms with van der Waals surface area (Å²) in [5.41, 5.74) is 10.4. The van der Waals surface area contributed by atoms with Crippen molar-refractivity contribution in [3.05, 3.63) is 48.1 Å². The maximum atomic E-state index is 10.1. The fraction of sp³-hybridized carbons (Fsp3) is 0.143. The summed E-state index contributed by atoms with van der Waals surface area (Å²) in [6.07, 6.45) is 9.78. The number of guanidine groups is 1. The third-order valence-corrected chi connectivity index (χ3v) is 3.04. The first-order valence-corrected chi connectivity index (χ1v) is 6.03. The molecule has 6 nitrogen and oxygen atoms in total. The highest BCUT2D eigenvalue weighted by molar-refractivity contribution is 5.81. The molecule has 0 radical (unpaired) electrons. The van der Waals surface area contributed by atoms with Crippen LogP contribution in [-0.4, -0.2) is 22.4 Å². The van der Waals surface area contributed by atoms with Gasteiger partial charge in [0.15, 0.2) is 0 Å². The lowest BCUT2D eigenvalue weighted by atomic mass is 9.76. The minimum Gasteiger partial charge on any atom is -0.508 e. The molecule has 1 aliphatic rings. The van der Waals surface area contributed by atoms with Crippen molar-refractivity contribution in [3.8, 4) is 11.5 Å². The number of hydrogen-bond donors (Lipinski definition) is 4. The molecule has 104 valence electrons. The molecule has 0 aliphatic heterocycles. The highest BCUT2D eigenvalue weighted by Gasteiger charge is 2.30. The van der Waals surface area contributed by atoms with E-state index in [1.54, 1.807) is 12.3 Å². The van der Waals surface area contributed by atoms with E-state index in [1.165, 1.54) is 12.1 Å². The van der Waals surface area contributed by atoms with E-state index >= 15 is 0 Å². The van der Waals surface area contributed by atoms with E-state index in [0.29, 0.717) is 12.0 Å². The Morgan fingerprint density at radius 1 is 1.25 bits per heavy atom. The summed E-state index contributed by atoms with van der Waals surface area (Å²) in [7, 11) is 0. The first-order valence-electron chi connectivity index (χ1n) is 6.03. The fourth-order valence-electron chi connectivity index (χ4n) is 2.11. The second kappa shape index (κ2) is 5.48. The molecule has 0 saturated heterocycles. The highest BCUT2D eigenvalue weighted by Crippen LogP contribution is 2.38. The van der Waals surface area contributed by atoms with Crippen LogP contribution in [0, 0.1) is 0 Å². The van der Waals surface area contributed by atoms with E-state index in [-0.39, 0.29) is 17.5 Å². The molecule has 6 N–H and O–H groups in total. The number of phenols is 2. The number of aromatic hydroxyl groups is 2. The quantitative estimate of drug-likeness (QED) is 0.374. The monoisotopic (exact) mass is 272 g/mol. The number of phenolic OH excluding ortho intramolecular Hbond substituents is 2. The van der Waals surface area contributed by atoms with Crippen molar-refractivity contribution in [1.29, 1.82) is 0 Å². The second-order valence-corrected chi connectivity index (χ2v) is 4.50. The van der Waals surface area contributed by atoms with Crippen LogP contribution in [0.4, 0.5) is 0 Å².